The summed E-state index contributed by atoms with van der Waals surface area (Å²) in [6.45, 7) is 1.33. The molecule has 7 nitrogen and oxygen atoms in total. The number of fused-ring (bicyclic) bond motifs is 1. The predicted octanol–water partition coefficient (Wildman–Crippen LogP) is 5.32. The highest BCUT2D eigenvalue weighted by Crippen LogP contribution is 2.34. The van der Waals surface area contributed by atoms with Gasteiger partial charge in [-0.2, -0.15) is 13.2 Å². The lowest BCUT2D eigenvalue weighted by Gasteiger charge is -2.16. The molecule has 0 saturated carbocycles. The Bertz CT molecular complexity index is 1500. The lowest BCUT2D eigenvalue weighted by Crippen LogP contribution is -2.28. The molecule has 1 atom stereocenters. The van der Waals surface area contributed by atoms with E-state index in [0.717, 1.165) is 17.7 Å². The van der Waals surface area contributed by atoms with Gasteiger partial charge >= 0.3 is 11.8 Å². The summed E-state index contributed by atoms with van der Waals surface area (Å²) >= 11 is 0. The number of carbonyl (C=O) groups is 2. The summed E-state index contributed by atoms with van der Waals surface area (Å²) in [6, 6.07) is 19.4. The number of alkyl halides is 3. The standard InChI is InChI=1S/C27H21F3N2O5/c1-16(17-7-3-2-4-8-17)31-26(35)20-9-5-6-10-22(20)32-24(33)15-36-18-11-12-19-21(27(28,29)30)14-25(34)37-23(19)13-18/h2-14,16H,15H2,1H3,(H,31,35)(H,32,33)/t16-/m1/s1. The Morgan fingerprint density at radius 2 is 1.68 bits per heavy atom. The topological polar surface area (TPSA) is 97.6 Å². The minimum atomic E-state index is -4.74. The third kappa shape index (κ3) is 6.16. The summed E-state index contributed by atoms with van der Waals surface area (Å²) in [4.78, 5) is 36.9. The highest BCUT2D eigenvalue weighted by molar-refractivity contribution is 6.04. The molecule has 2 N–H and O–H groups in total. The van der Waals surface area contributed by atoms with Crippen molar-refractivity contribution in [1.82, 2.24) is 5.32 Å². The van der Waals surface area contributed by atoms with Crippen molar-refractivity contribution in [2.24, 2.45) is 0 Å². The van der Waals surface area contributed by atoms with Crippen LogP contribution >= 0.6 is 0 Å². The molecule has 37 heavy (non-hydrogen) atoms. The monoisotopic (exact) mass is 510 g/mol. The number of halogens is 3. The summed E-state index contributed by atoms with van der Waals surface area (Å²) in [5.41, 5.74) is -1.20. The van der Waals surface area contributed by atoms with Gasteiger partial charge in [0, 0.05) is 17.5 Å². The second-order valence-corrected chi connectivity index (χ2v) is 8.12. The number of hydrogen-bond acceptors (Lipinski definition) is 5. The predicted molar refractivity (Wildman–Crippen MR) is 130 cm³/mol. The van der Waals surface area contributed by atoms with Gasteiger partial charge in [-0.05, 0) is 36.8 Å². The second kappa shape index (κ2) is 10.6. The summed E-state index contributed by atoms with van der Waals surface area (Å²) in [5.74, 6) is -0.979. The van der Waals surface area contributed by atoms with Crippen LogP contribution in [0.5, 0.6) is 5.75 Å². The number of para-hydroxylation sites is 1. The molecule has 1 aromatic heterocycles. The largest absolute Gasteiger partial charge is 0.484 e. The summed E-state index contributed by atoms with van der Waals surface area (Å²) in [5, 5.41) is 5.17. The van der Waals surface area contributed by atoms with Gasteiger partial charge in [0.15, 0.2) is 6.61 Å². The zero-order valence-electron chi connectivity index (χ0n) is 19.5. The van der Waals surface area contributed by atoms with Crippen LogP contribution in [0.1, 0.15) is 34.5 Å². The van der Waals surface area contributed by atoms with E-state index in [2.05, 4.69) is 10.6 Å². The van der Waals surface area contributed by atoms with E-state index in [-0.39, 0.29) is 34.0 Å². The molecule has 0 unspecified atom stereocenters. The fraction of sp³-hybridized carbons (Fsp3) is 0.148. The molecule has 10 heteroatoms. The second-order valence-electron chi connectivity index (χ2n) is 8.12. The van der Waals surface area contributed by atoms with E-state index in [0.29, 0.717) is 6.07 Å². The van der Waals surface area contributed by atoms with Crippen LogP contribution in [0, 0.1) is 0 Å². The minimum absolute atomic E-state index is 0.0211. The summed E-state index contributed by atoms with van der Waals surface area (Å²) < 4.78 is 49.9. The fourth-order valence-corrected chi connectivity index (χ4v) is 3.69. The van der Waals surface area contributed by atoms with Crippen LogP contribution in [0.25, 0.3) is 11.0 Å². The number of rotatable bonds is 7. The molecule has 0 radical (unpaired) electrons. The molecule has 0 saturated heterocycles. The van der Waals surface area contributed by atoms with Crippen LogP contribution in [0.2, 0.25) is 0 Å². The molecule has 0 aliphatic carbocycles. The van der Waals surface area contributed by atoms with Gasteiger partial charge in [-0.3, -0.25) is 9.59 Å². The number of hydrogen-bond donors (Lipinski definition) is 2. The molecule has 4 rings (SSSR count). The van der Waals surface area contributed by atoms with E-state index in [1.807, 2.05) is 37.3 Å². The van der Waals surface area contributed by atoms with E-state index in [9.17, 15) is 27.6 Å². The number of amides is 2. The van der Waals surface area contributed by atoms with E-state index in [4.69, 9.17) is 9.15 Å². The van der Waals surface area contributed by atoms with Gasteiger partial charge in [-0.1, -0.05) is 42.5 Å². The highest BCUT2D eigenvalue weighted by atomic mass is 19.4. The lowest BCUT2D eigenvalue weighted by molar-refractivity contribution is -0.136. The van der Waals surface area contributed by atoms with Gasteiger partial charge in [-0.25, -0.2) is 4.79 Å². The van der Waals surface area contributed by atoms with E-state index in [1.54, 1.807) is 24.3 Å². The molecular weight excluding hydrogens is 489 g/mol. The normalized spacial score (nSPS) is 12.1. The van der Waals surface area contributed by atoms with Crippen LogP contribution in [0.4, 0.5) is 18.9 Å². The Kier molecular flexibility index (Phi) is 7.28. The maximum absolute atomic E-state index is 13.2. The van der Waals surface area contributed by atoms with E-state index < -0.39 is 35.8 Å². The number of anilines is 1. The van der Waals surface area contributed by atoms with Crippen molar-refractivity contribution in [3.05, 3.63) is 106 Å². The molecule has 0 spiro atoms. The zero-order chi connectivity index (χ0) is 26.6. The maximum Gasteiger partial charge on any atom is 0.417 e. The van der Waals surface area contributed by atoms with Crippen LogP contribution in [0.15, 0.2) is 88.1 Å². The maximum atomic E-state index is 13.2. The van der Waals surface area contributed by atoms with Crippen LogP contribution in [-0.4, -0.2) is 18.4 Å². The Labute approximate surface area is 208 Å². The van der Waals surface area contributed by atoms with Crippen molar-refractivity contribution >= 4 is 28.5 Å². The first-order chi connectivity index (χ1) is 17.6. The Hall–Kier alpha value is -4.60. The first-order valence-electron chi connectivity index (χ1n) is 11.1. The Morgan fingerprint density at radius 3 is 2.41 bits per heavy atom. The van der Waals surface area contributed by atoms with Gasteiger partial charge in [-0.15, -0.1) is 0 Å². The minimum Gasteiger partial charge on any atom is -0.484 e. The van der Waals surface area contributed by atoms with Crippen LogP contribution < -0.4 is 21.0 Å². The van der Waals surface area contributed by atoms with Crippen molar-refractivity contribution < 1.29 is 31.9 Å². The molecule has 1 heterocycles. The molecule has 0 aliphatic heterocycles. The average Bonchev–Trinajstić information content (AvgIpc) is 2.87. The molecule has 4 aromatic rings. The highest BCUT2D eigenvalue weighted by Gasteiger charge is 2.33. The van der Waals surface area contributed by atoms with Gasteiger partial charge < -0.3 is 19.8 Å². The number of nitrogens with one attached hydrogen (secondary N) is 2. The van der Waals surface area contributed by atoms with Crippen molar-refractivity contribution in [3.8, 4) is 5.75 Å². The Balaban J connectivity index is 1.43. The molecular formula is C27H21F3N2O5. The third-order valence-electron chi connectivity index (χ3n) is 5.48. The SMILES string of the molecule is C[C@@H](NC(=O)c1ccccc1NC(=O)COc1ccc2c(C(F)(F)F)cc(=O)oc2c1)c1ccccc1. The smallest absolute Gasteiger partial charge is 0.417 e. The molecule has 2 amide bonds. The molecule has 0 bridgehead atoms. The van der Waals surface area contributed by atoms with E-state index >= 15 is 0 Å². The lowest BCUT2D eigenvalue weighted by atomic mass is 10.1. The fourth-order valence-electron chi connectivity index (χ4n) is 3.69. The van der Waals surface area contributed by atoms with Crippen molar-refractivity contribution in [2.45, 2.75) is 19.1 Å². The summed E-state index contributed by atoms with van der Waals surface area (Å²) in [7, 11) is 0. The first-order valence-corrected chi connectivity index (χ1v) is 11.1. The van der Waals surface area contributed by atoms with Crippen LogP contribution in [-0.2, 0) is 11.0 Å². The third-order valence-corrected chi connectivity index (χ3v) is 5.48. The van der Waals surface area contributed by atoms with Crippen LogP contribution in [0.3, 0.4) is 0 Å². The van der Waals surface area contributed by atoms with E-state index in [1.165, 1.54) is 6.07 Å². The molecule has 0 fully saturated rings. The summed E-state index contributed by atoms with van der Waals surface area (Å²) in [6.07, 6.45) is -4.74. The average molecular weight is 510 g/mol. The number of benzene rings is 3. The number of ether oxygens (including phenoxy) is 1. The van der Waals surface area contributed by atoms with Gasteiger partial charge in [0.05, 0.1) is 22.9 Å². The number of carbonyl (C=O) groups excluding carboxylic acids is 2. The molecule has 190 valence electrons. The van der Waals surface area contributed by atoms with Crippen molar-refractivity contribution in [1.29, 1.82) is 0 Å². The molecule has 0 aliphatic rings. The quantitative estimate of drug-likeness (QED) is 0.328. The Morgan fingerprint density at radius 1 is 0.973 bits per heavy atom. The van der Waals surface area contributed by atoms with Gasteiger partial charge in [0.25, 0.3) is 11.8 Å². The van der Waals surface area contributed by atoms with Gasteiger partial charge in [0.1, 0.15) is 11.3 Å². The van der Waals surface area contributed by atoms with Crippen molar-refractivity contribution in [3.63, 3.8) is 0 Å². The van der Waals surface area contributed by atoms with Gasteiger partial charge in [0.2, 0.25) is 0 Å². The van der Waals surface area contributed by atoms with Crippen molar-refractivity contribution in [2.75, 3.05) is 11.9 Å². The first kappa shape index (κ1) is 25.5. The zero-order valence-corrected chi connectivity index (χ0v) is 19.5. The molecule has 3 aromatic carbocycles.